The van der Waals surface area contributed by atoms with Crippen LogP contribution in [-0.2, 0) is 16.0 Å². The number of nitrogens with one attached hydrogen (secondary N) is 1. The summed E-state index contributed by atoms with van der Waals surface area (Å²) < 4.78 is 11.3. The fourth-order valence-electron chi connectivity index (χ4n) is 3.70. The number of hydrogen-bond donors (Lipinski definition) is 1. The van der Waals surface area contributed by atoms with Crippen LogP contribution in [-0.4, -0.2) is 48.8 Å². The Morgan fingerprint density at radius 2 is 1.89 bits per heavy atom. The summed E-state index contributed by atoms with van der Waals surface area (Å²) in [6.45, 7) is 2.34. The van der Waals surface area contributed by atoms with Crippen molar-refractivity contribution in [2.45, 2.75) is 38.1 Å². The van der Waals surface area contributed by atoms with E-state index in [-0.39, 0.29) is 24.1 Å². The first-order valence-corrected chi connectivity index (χ1v) is 10.5. The van der Waals surface area contributed by atoms with E-state index >= 15 is 0 Å². The summed E-state index contributed by atoms with van der Waals surface area (Å²) in [7, 11) is 0. The quantitative estimate of drug-likeness (QED) is 0.838. The van der Waals surface area contributed by atoms with Gasteiger partial charge in [0.1, 0.15) is 0 Å². The lowest BCUT2D eigenvalue weighted by molar-refractivity contribution is -0.100. The predicted octanol–water partition coefficient (Wildman–Crippen LogP) is 3.05. The van der Waals surface area contributed by atoms with E-state index in [1.165, 1.54) is 11.3 Å². The van der Waals surface area contributed by atoms with Crippen LogP contribution in [0.4, 0.5) is 0 Å². The first kappa shape index (κ1) is 19.1. The molecule has 1 aromatic carbocycles. The van der Waals surface area contributed by atoms with Crippen molar-refractivity contribution in [1.29, 1.82) is 0 Å². The molecule has 148 valence electrons. The predicted molar refractivity (Wildman–Crippen MR) is 106 cm³/mol. The average Bonchev–Trinajstić information content (AvgIpc) is 3.46. The molecule has 1 N–H and O–H groups in total. The molecule has 1 unspecified atom stereocenters. The van der Waals surface area contributed by atoms with Crippen LogP contribution in [0.3, 0.4) is 0 Å². The van der Waals surface area contributed by atoms with E-state index in [0.29, 0.717) is 30.2 Å². The van der Waals surface area contributed by atoms with Gasteiger partial charge in [0.25, 0.3) is 11.8 Å². The SMILES string of the molecule is O=C(NCc1ccc(C(=O)N2CCCCC2C2OCCO2)cc1)c1cccs1. The van der Waals surface area contributed by atoms with Crippen molar-refractivity contribution >= 4 is 23.2 Å². The molecule has 6 nitrogen and oxygen atoms in total. The third-order valence-corrected chi connectivity index (χ3v) is 6.04. The summed E-state index contributed by atoms with van der Waals surface area (Å²) in [4.78, 5) is 27.7. The largest absolute Gasteiger partial charge is 0.348 e. The first-order chi connectivity index (χ1) is 13.7. The van der Waals surface area contributed by atoms with Crippen LogP contribution in [0, 0.1) is 0 Å². The molecule has 28 heavy (non-hydrogen) atoms. The van der Waals surface area contributed by atoms with Gasteiger partial charge in [-0.3, -0.25) is 9.59 Å². The van der Waals surface area contributed by atoms with Gasteiger partial charge in [0.15, 0.2) is 6.29 Å². The van der Waals surface area contributed by atoms with Gasteiger partial charge in [-0.1, -0.05) is 18.2 Å². The summed E-state index contributed by atoms with van der Waals surface area (Å²) >= 11 is 1.42. The molecule has 2 aliphatic rings. The number of piperidine rings is 1. The molecular weight excluding hydrogens is 376 g/mol. The van der Waals surface area contributed by atoms with Gasteiger partial charge in [0.2, 0.25) is 0 Å². The van der Waals surface area contributed by atoms with Crippen molar-refractivity contribution in [2.75, 3.05) is 19.8 Å². The zero-order chi connectivity index (χ0) is 19.3. The molecule has 7 heteroatoms. The van der Waals surface area contributed by atoms with Gasteiger partial charge in [0, 0.05) is 18.7 Å². The average molecular weight is 401 g/mol. The normalized spacial score (nSPS) is 20.3. The van der Waals surface area contributed by atoms with Gasteiger partial charge < -0.3 is 19.7 Å². The van der Waals surface area contributed by atoms with Gasteiger partial charge in [-0.25, -0.2) is 0 Å². The minimum absolute atomic E-state index is 0.0120. The zero-order valence-electron chi connectivity index (χ0n) is 15.6. The Bertz CT molecular complexity index is 800. The molecular formula is C21H24N2O4S. The molecule has 1 aromatic heterocycles. The lowest BCUT2D eigenvalue weighted by Gasteiger charge is -2.38. The fraction of sp³-hybridized carbons (Fsp3) is 0.429. The molecule has 2 amide bonds. The Hall–Kier alpha value is -2.22. The number of hydrogen-bond acceptors (Lipinski definition) is 5. The van der Waals surface area contributed by atoms with Crippen LogP contribution in [0.5, 0.6) is 0 Å². The number of rotatable bonds is 5. The van der Waals surface area contributed by atoms with Crippen molar-refractivity contribution in [3.05, 3.63) is 57.8 Å². The highest BCUT2D eigenvalue weighted by molar-refractivity contribution is 7.12. The van der Waals surface area contributed by atoms with E-state index < -0.39 is 0 Å². The van der Waals surface area contributed by atoms with Gasteiger partial charge in [-0.05, 0) is 48.4 Å². The Labute approximate surface area is 168 Å². The topological polar surface area (TPSA) is 67.9 Å². The number of likely N-dealkylation sites (tertiary alicyclic amines) is 1. The Morgan fingerprint density at radius 3 is 2.61 bits per heavy atom. The molecule has 1 atom stereocenters. The first-order valence-electron chi connectivity index (χ1n) is 9.67. The second kappa shape index (κ2) is 8.86. The van der Waals surface area contributed by atoms with E-state index in [2.05, 4.69) is 5.32 Å². The molecule has 4 rings (SSSR count). The molecule has 2 fully saturated rings. The maximum absolute atomic E-state index is 13.0. The van der Waals surface area contributed by atoms with E-state index in [9.17, 15) is 9.59 Å². The van der Waals surface area contributed by atoms with Crippen LogP contribution in [0.2, 0.25) is 0 Å². The second-order valence-electron chi connectivity index (χ2n) is 7.03. The fourth-order valence-corrected chi connectivity index (χ4v) is 4.34. The minimum atomic E-state index is -0.309. The summed E-state index contributed by atoms with van der Waals surface area (Å²) in [5, 5.41) is 4.78. The maximum atomic E-state index is 13.0. The van der Waals surface area contributed by atoms with E-state index in [0.717, 1.165) is 31.4 Å². The highest BCUT2D eigenvalue weighted by atomic mass is 32.1. The van der Waals surface area contributed by atoms with E-state index in [1.54, 1.807) is 6.07 Å². The highest BCUT2D eigenvalue weighted by Crippen LogP contribution is 2.26. The van der Waals surface area contributed by atoms with Crippen molar-refractivity contribution < 1.29 is 19.1 Å². The number of ether oxygens (including phenoxy) is 2. The lowest BCUT2D eigenvalue weighted by atomic mass is 10.00. The van der Waals surface area contributed by atoms with Crippen LogP contribution < -0.4 is 5.32 Å². The van der Waals surface area contributed by atoms with Crippen molar-refractivity contribution in [1.82, 2.24) is 10.2 Å². The summed E-state index contributed by atoms with van der Waals surface area (Å²) in [6, 6.07) is 11.1. The van der Waals surface area contributed by atoms with Crippen LogP contribution in [0.1, 0.15) is 44.9 Å². The standard InChI is InChI=1S/C21H24N2O4S/c24-19(18-5-3-13-28-18)22-14-15-6-8-16(9-7-15)20(25)23-10-2-1-4-17(23)21-26-11-12-27-21/h3,5-9,13,17,21H,1-2,4,10-12,14H2,(H,22,24). The number of carbonyl (C=O) groups excluding carboxylic acids is 2. The van der Waals surface area contributed by atoms with Crippen LogP contribution >= 0.6 is 11.3 Å². The molecule has 3 heterocycles. The molecule has 0 saturated carbocycles. The summed E-state index contributed by atoms with van der Waals surface area (Å²) in [6.07, 6.45) is 2.68. The monoisotopic (exact) mass is 400 g/mol. The molecule has 0 bridgehead atoms. The van der Waals surface area contributed by atoms with Gasteiger partial charge in [0.05, 0.1) is 24.1 Å². The zero-order valence-corrected chi connectivity index (χ0v) is 16.5. The Kier molecular flexibility index (Phi) is 6.04. The molecule has 0 aliphatic carbocycles. The van der Waals surface area contributed by atoms with Crippen molar-refractivity contribution in [3.8, 4) is 0 Å². The van der Waals surface area contributed by atoms with E-state index in [4.69, 9.17) is 9.47 Å². The van der Waals surface area contributed by atoms with Gasteiger partial charge >= 0.3 is 0 Å². The Morgan fingerprint density at radius 1 is 1.11 bits per heavy atom. The lowest BCUT2D eigenvalue weighted by Crippen LogP contribution is -2.50. The highest BCUT2D eigenvalue weighted by Gasteiger charge is 2.36. The Balaban J connectivity index is 1.38. The third kappa shape index (κ3) is 4.27. The number of thiophene rings is 1. The molecule has 0 spiro atoms. The minimum Gasteiger partial charge on any atom is -0.348 e. The van der Waals surface area contributed by atoms with Gasteiger partial charge in [-0.2, -0.15) is 0 Å². The molecule has 2 aliphatic heterocycles. The van der Waals surface area contributed by atoms with E-state index in [1.807, 2.05) is 40.6 Å². The smallest absolute Gasteiger partial charge is 0.261 e. The van der Waals surface area contributed by atoms with Crippen molar-refractivity contribution in [3.63, 3.8) is 0 Å². The third-order valence-electron chi connectivity index (χ3n) is 5.17. The molecule has 2 aromatic rings. The summed E-state index contributed by atoms with van der Waals surface area (Å²) in [5.41, 5.74) is 1.61. The number of benzene rings is 1. The van der Waals surface area contributed by atoms with Crippen molar-refractivity contribution in [2.24, 2.45) is 0 Å². The molecule has 0 radical (unpaired) electrons. The van der Waals surface area contributed by atoms with Gasteiger partial charge in [-0.15, -0.1) is 11.3 Å². The number of amides is 2. The molecule has 2 saturated heterocycles. The van der Waals surface area contributed by atoms with Crippen LogP contribution in [0.15, 0.2) is 41.8 Å². The number of carbonyl (C=O) groups is 2. The summed E-state index contributed by atoms with van der Waals surface area (Å²) in [5.74, 6) is -0.0687. The number of nitrogens with zero attached hydrogens (tertiary/aromatic N) is 1. The van der Waals surface area contributed by atoms with Crippen LogP contribution in [0.25, 0.3) is 0 Å². The maximum Gasteiger partial charge on any atom is 0.261 e. The second-order valence-corrected chi connectivity index (χ2v) is 7.98.